The summed E-state index contributed by atoms with van der Waals surface area (Å²) in [6.45, 7) is 10.1. The summed E-state index contributed by atoms with van der Waals surface area (Å²) in [5.74, 6) is -0.0630. The first-order valence-electron chi connectivity index (χ1n) is 6.93. The Morgan fingerprint density at radius 2 is 2.00 bits per heavy atom. The lowest BCUT2D eigenvalue weighted by Crippen LogP contribution is -2.43. The van der Waals surface area contributed by atoms with Gasteiger partial charge in [0, 0.05) is 11.6 Å². The lowest BCUT2D eigenvalue weighted by atomic mass is 9.65. The summed E-state index contributed by atoms with van der Waals surface area (Å²) in [5, 5.41) is 4.01. The Kier molecular flexibility index (Phi) is 4.78. The van der Waals surface area contributed by atoms with E-state index in [0.29, 0.717) is 6.61 Å². The molecular weight excluding hydrogens is 258 g/mol. The van der Waals surface area contributed by atoms with Crippen LogP contribution in [0.1, 0.15) is 47.5 Å². The second kappa shape index (κ2) is 5.81. The van der Waals surface area contributed by atoms with Gasteiger partial charge in [-0.15, -0.1) is 0 Å². The Labute approximate surface area is 120 Å². The Morgan fingerprint density at radius 3 is 2.50 bits per heavy atom. The number of ether oxygens (including phenoxy) is 1. The number of amides is 2. The molecule has 0 radical (unpaired) electrons. The summed E-state index contributed by atoms with van der Waals surface area (Å²) in [5.41, 5.74) is 7.20. The highest BCUT2D eigenvalue weighted by Crippen LogP contribution is 2.56. The molecule has 0 saturated heterocycles. The maximum Gasteiger partial charge on any atom is 0.332 e. The van der Waals surface area contributed by atoms with E-state index < -0.39 is 11.4 Å². The van der Waals surface area contributed by atoms with Crippen LogP contribution >= 0.6 is 0 Å². The molecule has 0 aliphatic heterocycles. The van der Waals surface area contributed by atoms with Crippen molar-refractivity contribution < 1.29 is 14.3 Å². The van der Waals surface area contributed by atoms with Gasteiger partial charge in [0.05, 0.1) is 12.0 Å². The van der Waals surface area contributed by atoms with E-state index in [1.54, 1.807) is 0 Å². The number of nitrogens with two attached hydrogens (primary N) is 1. The van der Waals surface area contributed by atoms with Crippen LogP contribution in [0, 0.1) is 16.7 Å². The molecule has 2 amide bonds. The van der Waals surface area contributed by atoms with E-state index in [-0.39, 0.29) is 17.3 Å². The number of hydrogen-bond donors (Lipinski definition) is 2. The first kappa shape index (κ1) is 16.5. The minimum Gasteiger partial charge on any atom is -0.466 e. The van der Waals surface area contributed by atoms with Gasteiger partial charge in [0.25, 0.3) is 0 Å². The van der Waals surface area contributed by atoms with Crippen molar-refractivity contribution in [1.29, 1.82) is 0 Å². The molecule has 0 unspecified atom stereocenters. The van der Waals surface area contributed by atoms with Crippen LogP contribution in [0.15, 0.2) is 5.10 Å². The van der Waals surface area contributed by atoms with Crippen molar-refractivity contribution in [1.82, 2.24) is 5.43 Å². The van der Waals surface area contributed by atoms with Gasteiger partial charge < -0.3 is 10.5 Å². The lowest BCUT2D eigenvalue weighted by Gasteiger charge is -2.39. The number of hydrazone groups is 1. The second-order valence-corrected chi connectivity index (χ2v) is 6.09. The fourth-order valence-electron chi connectivity index (χ4n) is 3.11. The highest BCUT2D eigenvalue weighted by atomic mass is 16.5. The number of esters is 1. The zero-order valence-electron chi connectivity index (χ0n) is 12.9. The molecule has 0 aromatic carbocycles. The average molecular weight is 283 g/mol. The van der Waals surface area contributed by atoms with Crippen molar-refractivity contribution in [2.45, 2.75) is 47.5 Å². The molecule has 0 aromatic rings. The van der Waals surface area contributed by atoms with Gasteiger partial charge in [0.1, 0.15) is 0 Å². The van der Waals surface area contributed by atoms with Gasteiger partial charge >= 0.3 is 12.0 Å². The van der Waals surface area contributed by atoms with Crippen LogP contribution in [-0.4, -0.2) is 24.3 Å². The summed E-state index contributed by atoms with van der Waals surface area (Å²) in [7, 11) is 0. The van der Waals surface area contributed by atoms with Gasteiger partial charge in [-0.3, -0.25) is 4.79 Å². The molecule has 0 spiro atoms. The molecule has 114 valence electrons. The number of nitrogens with zero attached hydrogens (tertiary/aromatic N) is 1. The quantitative estimate of drug-likeness (QED) is 0.469. The summed E-state index contributed by atoms with van der Waals surface area (Å²) >= 11 is 0. The van der Waals surface area contributed by atoms with E-state index in [2.05, 4.69) is 10.5 Å². The minimum atomic E-state index is -0.687. The summed E-state index contributed by atoms with van der Waals surface area (Å²) in [6.07, 6.45) is 1.57. The molecule has 0 aromatic heterocycles. The van der Waals surface area contributed by atoms with Gasteiger partial charge in [-0.25, -0.2) is 10.2 Å². The monoisotopic (exact) mass is 283 g/mol. The number of urea groups is 1. The van der Waals surface area contributed by atoms with Gasteiger partial charge in [-0.1, -0.05) is 13.8 Å². The Balaban J connectivity index is 2.97. The number of nitrogens with one attached hydrogen (secondary N) is 1. The van der Waals surface area contributed by atoms with Crippen molar-refractivity contribution in [2.24, 2.45) is 27.6 Å². The molecule has 6 nitrogen and oxygen atoms in total. The topological polar surface area (TPSA) is 93.8 Å². The highest BCUT2D eigenvalue weighted by Gasteiger charge is 2.57. The fraction of sp³-hybridized carbons (Fsp3) is 0.786. The van der Waals surface area contributed by atoms with Gasteiger partial charge in [-0.05, 0) is 39.0 Å². The van der Waals surface area contributed by atoms with Crippen molar-refractivity contribution >= 4 is 17.7 Å². The van der Waals surface area contributed by atoms with Crippen LogP contribution in [0.2, 0.25) is 0 Å². The predicted octanol–water partition coefficient (Wildman–Crippen LogP) is 2.04. The van der Waals surface area contributed by atoms with Crippen molar-refractivity contribution in [3.05, 3.63) is 0 Å². The molecule has 1 aliphatic carbocycles. The third kappa shape index (κ3) is 2.78. The molecule has 0 heterocycles. The van der Waals surface area contributed by atoms with Gasteiger partial charge in [0.15, 0.2) is 0 Å². The number of carbonyl (C=O) groups is 2. The number of primary amides is 1. The van der Waals surface area contributed by atoms with E-state index in [9.17, 15) is 9.59 Å². The maximum atomic E-state index is 12.3. The molecule has 1 saturated carbocycles. The molecule has 1 rings (SSSR count). The largest absolute Gasteiger partial charge is 0.466 e. The summed E-state index contributed by atoms with van der Waals surface area (Å²) < 4.78 is 5.22. The smallest absolute Gasteiger partial charge is 0.332 e. The van der Waals surface area contributed by atoms with Gasteiger partial charge in [0.2, 0.25) is 0 Å². The number of carbonyl (C=O) groups excluding carboxylic acids is 2. The van der Waals surface area contributed by atoms with Crippen LogP contribution in [0.4, 0.5) is 4.79 Å². The summed E-state index contributed by atoms with van der Waals surface area (Å²) in [6, 6.07) is -0.687. The first-order chi connectivity index (χ1) is 9.16. The van der Waals surface area contributed by atoms with E-state index in [1.165, 1.54) is 0 Å². The van der Waals surface area contributed by atoms with Crippen molar-refractivity contribution in [3.63, 3.8) is 0 Å². The lowest BCUT2D eigenvalue weighted by molar-refractivity contribution is -0.160. The minimum absolute atomic E-state index is 0.101. The molecule has 1 fully saturated rings. The van der Waals surface area contributed by atoms with Crippen LogP contribution in [0.5, 0.6) is 0 Å². The SMILES string of the molecule is CCOC(=O)[C@]1(C)CC[C@@H](/C(C)=N/NC(N)=O)C1(C)C. The average Bonchev–Trinajstić information content (AvgIpc) is 2.59. The van der Waals surface area contributed by atoms with Crippen LogP contribution in [-0.2, 0) is 9.53 Å². The molecule has 1 aliphatic rings. The Hall–Kier alpha value is -1.59. The number of rotatable bonds is 4. The first-order valence-corrected chi connectivity index (χ1v) is 6.93. The predicted molar refractivity (Wildman–Crippen MR) is 77.1 cm³/mol. The second-order valence-electron chi connectivity index (χ2n) is 6.09. The van der Waals surface area contributed by atoms with E-state index in [4.69, 9.17) is 10.5 Å². The Morgan fingerprint density at radius 1 is 1.40 bits per heavy atom. The van der Waals surface area contributed by atoms with Crippen LogP contribution in [0.3, 0.4) is 0 Å². The van der Waals surface area contributed by atoms with Crippen molar-refractivity contribution in [3.8, 4) is 0 Å². The zero-order valence-corrected chi connectivity index (χ0v) is 12.9. The molecule has 0 bridgehead atoms. The molecule has 6 heteroatoms. The maximum absolute atomic E-state index is 12.3. The molecule has 2 atom stereocenters. The van der Waals surface area contributed by atoms with Crippen LogP contribution in [0.25, 0.3) is 0 Å². The van der Waals surface area contributed by atoms with Crippen molar-refractivity contribution in [2.75, 3.05) is 6.61 Å². The van der Waals surface area contributed by atoms with E-state index in [1.807, 2.05) is 34.6 Å². The molecule has 20 heavy (non-hydrogen) atoms. The van der Waals surface area contributed by atoms with E-state index in [0.717, 1.165) is 18.6 Å². The third-order valence-corrected chi connectivity index (χ3v) is 4.80. The molecule has 3 N–H and O–H groups in total. The molecular formula is C14H25N3O3. The Bertz CT molecular complexity index is 431. The van der Waals surface area contributed by atoms with Crippen LogP contribution < -0.4 is 11.2 Å². The standard InChI is InChI=1S/C14H25N3O3/c1-6-20-11(18)14(5)8-7-10(13(14,3)4)9(2)16-17-12(15)19/h10H,6-8H2,1-5H3,(H3,15,17,19)/b16-9+/t10-,14-/m0/s1. The third-order valence-electron chi connectivity index (χ3n) is 4.80. The van der Waals surface area contributed by atoms with Gasteiger partial charge in [-0.2, -0.15) is 5.10 Å². The highest BCUT2D eigenvalue weighted by molar-refractivity contribution is 5.89. The zero-order chi connectivity index (χ0) is 15.6. The summed E-state index contributed by atoms with van der Waals surface area (Å²) in [4.78, 5) is 23.0. The normalized spacial score (nSPS) is 29.1. The van der Waals surface area contributed by atoms with E-state index >= 15 is 0 Å². The number of hydrogen-bond acceptors (Lipinski definition) is 4. The fourth-order valence-corrected chi connectivity index (χ4v) is 3.11.